The molecule has 2 fully saturated rings. The molecule has 1 aromatic heterocycles. The highest BCUT2D eigenvalue weighted by molar-refractivity contribution is 7.26. The first kappa shape index (κ1) is 46.0. The standard InChI is InChI=1S/C74H59NO2S/c1-5-20-48(21-6-1)50-36-41-68-63(44-50)74(64-45-51(37-42-69(64)77-68)49-22-7-2-8-23-49)60-31-15-13-28-56(60)57-40-38-54(46-62(57)74)75(66-33-19-30-59-58-29-14-18-35-71(58)78-72(59)66)55-39-43-70-65(47-55)73(52-24-9-3-10-25-52,53-26-11-4-12-27-53)61-32-16-17-34-67(61)76-70/h3-4,9-19,24-49H,1-2,5-8,20-23H2. The first-order valence-electron chi connectivity index (χ1n) is 28.6. The van der Waals surface area contributed by atoms with Gasteiger partial charge in [-0.2, -0.15) is 0 Å². The van der Waals surface area contributed by atoms with Crippen LogP contribution in [-0.4, -0.2) is 0 Å². The lowest BCUT2D eigenvalue weighted by atomic mass is 9.63. The van der Waals surface area contributed by atoms with Crippen LogP contribution in [0.4, 0.5) is 17.1 Å². The van der Waals surface area contributed by atoms with Crippen LogP contribution in [0.25, 0.3) is 31.3 Å². The predicted molar refractivity (Wildman–Crippen MR) is 321 cm³/mol. The van der Waals surface area contributed by atoms with E-state index in [2.05, 4.69) is 229 Å². The maximum atomic E-state index is 7.22. The van der Waals surface area contributed by atoms with Gasteiger partial charge in [0.25, 0.3) is 0 Å². The number of ether oxygens (including phenoxy) is 2. The summed E-state index contributed by atoms with van der Waals surface area (Å²) in [5.41, 5.74) is 17.2. The molecule has 0 N–H and O–H groups in total. The van der Waals surface area contributed by atoms with Crippen molar-refractivity contribution in [1.82, 2.24) is 0 Å². The summed E-state index contributed by atoms with van der Waals surface area (Å²) in [6.07, 6.45) is 12.7. The van der Waals surface area contributed by atoms with Crippen LogP contribution in [-0.2, 0) is 10.8 Å². The van der Waals surface area contributed by atoms with Crippen LogP contribution >= 0.6 is 11.3 Å². The molecule has 3 nitrogen and oxygen atoms in total. The molecule has 16 rings (SSSR count). The molecule has 11 aromatic rings. The minimum atomic E-state index is -0.691. The average molecular weight is 1030 g/mol. The van der Waals surface area contributed by atoms with Crippen molar-refractivity contribution in [2.45, 2.75) is 86.9 Å². The fraction of sp³-hybridized carbons (Fsp3) is 0.189. The largest absolute Gasteiger partial charge is 0.457 e. The molecule has 4 heteroatoms. The molecule has 0 saturated heterocycles. The third-order valence-corrected chi connectivity index (χ3v) is 19.9. The Balaban J connectivity index is 0.985. The van der Waals surface area contributed by atoms with Gasteiger partial charge >= 0.3 is 0 Å². The van der Waals surface area contributed by atoms with Gasteiger partial charge in [-0.1, -0.05) is 202 Å². The number of rotatable bonds is 7. The molecule has 0 radical (unpaired) electrons. The topological polar surface area (TPSA) is 21.7 Å². The number of fused-ring (bicyclic) bond motifs is 14. The molecule has 3 aliphatic carbocycles. The van der Waals surface area contributed by atoms with E-state index in [0.29, 0.717) is 11.8 Å². The molecule has 10 aromatic carbocycles. The summed E-state index contributed by atoms with van der Waals surface area (Å²) in [5.74, 6) is 4.72. The summed E-state index contributed by atoms with van der Waals surface area (Å²) in [4.78, 5) is 2.56. The van der Waals surface area contributed by atoms with E-state index < -0.39 is 10.8 Å². The number of hydrogen-bond acceptors (Lipinski definition) is 4. The summed E-state index contributed by atoms with van der Waals surface area (Å²) in [7, 11) is 0. The van der Waals surface area contributed by atoms with Crippen LogP contribution in [0.5, 0.6) is 23.0 Å². The molecular weight excluding hydrogens is 967 g/mol. The van der Waals surface area contributed by atoms with Gasteiger partial charge in [0.2, 0.25) is 0 Å². The van der Waals surface area contributed by atoms with Gasteiger partial charge in [-0.15, -0.1) is 11.3 Å². The summed E-state index contributed by atoms with van der Waals surface area (Å²) in [5, 5.41) is 2.54. The third-order valence-electron chi connectivity index (χ3n) is 18.6. The molecule has 5 aliphatic rings. The Hall–Kier alpha value is -8.18. The molecule has 2 saturated carbocycles. The second-order valence-electron chi connectivity index (χ2n) is 22.7. The zero-order chi connectivity index (χ0) is 51.4. The lowest BCUT2D eigenvalue weighted by Crippen LogP contribution is -2.34. The lowest BCUT2D eigenvalue weighted by Gasteiger charge is -2.42. The SMILES string of the molecule is c1ccc(C2(c3ccccc3)c3ccccc3Oc3ccc(N(c4ccc5c(c4)C4(c6cc(C7CCCCC7)ccc6Oc6ccc(C7CCCCC7)cc64)c4ccccc4-5)c4cccc5c4sc4ccccc45)cc32)cc1. The van der Waals surface area contributed by atoms with Crippen molar-refractivity contribution in [3.63, 3.8) is 0 Å². The Morgan fingerprint density at radius 3 is 1.53 bits per heavy atom. The van der Waals surface area contributed by atoms with Gasteiger partial charge in [0, 0.05) is 49.1 Å². The minimum absolute atomic E-state index is 0.537. The first-order valence-corrected chi connectivity index (χ1v) is 29.4. The number of nitrogens with zero attached hydrogens (tertiary/aromatic N) is 1. The second-order valence-corrected chi connectivity index (χ2v) is 23.7. The summed E-state index contributed by atoms with van der Waals surface area (Å²) < 4.78 is 16.8. The highest BCUT2D eigenvalue weighted by Crippen LogP contribution is 2.64. The van der Waals surface area contributed by atoms with E-state index in [1.807, 2.05) is 11.3 Å². The van der Waals surface area contributed by atoms with Crippen LogP contribution < -0.4 is 14.4 Å². The van der Waals surface area contributed by atoms with Crippen LogP contribution in [0.3, 0.4) is 0 Å². The summed E-state index contributed by atoms with van der Waals surface area (Å²) in [6, 6.07) is 84.9. The summed E-state index contributed by atoms with van der Waals surface area (Å²) in [6.45, 7) is 0. The number of para-hydroxylation sites is 1. The second kappa shape index (κ2) is 18.2. The molecule has 378 valence electrons. The Morgan fingerprint density at radius 1 is 0.359 bits per heavy atom. The van der Waals surface area contributed by atoms with Gasteiger partial charge in [0.05, 0.1) is 21.2 Å². The van der Waals surface area contributed by atoms with E-state index in [1.54, 1.807) is 0 Å². The van der Waals surface area contributed by atoms with Gasteiger partial charge < -0.3 is 14.4 Å². The quantitative estimate of drug-likeness (QED) is 0.159. The lowest BCUT2D eigenvalue weighted by molar-refractivity contribution is 0.424. The Kier molecular flexibility index (Phi) is 10.7. The van der Waals surface area contributed by atoms with Crippen molar-refractivity contribution in [3.05, 3.63) is 280 Å². The maximum Gasteiger partial charge on any atom is 0.132 e. The van der Waals surface area contributed by atoms with Gasteiger partial charge in [-0.25, -0.2) is 0 Å². The van der Waals surface area contributed by atoms with Gasteiger partial charge in [-0.3, -0.25) is 0 Å². The van der Waals surface area contributed by atoms with Crippen molar-refractivity contribution in [2.24, 2.45) is 0 Å². The number of hydrogen-bond donors (Lipinski definition) is 0. The zero-order valence-corrected chi connectivity index (χ0v) is 44.6. The molecule has 0 atom stereocenters. The van der Waals surface area contributed by atoms with Gasteiger partial charge in [0.1, 0.15) is 23.0 Å². The Morgan fingerprint density at radius 2 is 0.859 bits per heavy atom. The van der Waals surface area contributed by atoms with E-state index in [4.69, 9.17) is 9.47 Å². The van der Waals surface area contributed by atoms with Crippen molar-refractivity contribution >= 4 is 48.6 Å². The van der Waals surface area contributed by atoms with E-state index >= 15 is 0 Å². The molecule has 1 spiro atoms. The van der Waals surface area contributed by atoms with E-state index in [9.17, 15) is 0 Å². The molecule has 2 aliphatic heterocycles. The molecule has 0 unspecified atom stereocenters. The number of benzene rings is 10. The normalized spacial score (nSPS) is 16.8. The van der Waals surface area contributed by atoms with Crippen LogP contribution in [0.2, 0.25) is 0 Å². The minimum Gasteiger partial charge on any atom is -0.457 e. The van der Waals surface area contributed by atoms with Crippen LogP contribution in [0.15, 0.2) is 224 Å². The molecule has 0 amide bonds. The van der Waals surface area contributed by atoms with E-state index in [-0.39, 0.29) is 0 Å². The average Bonchev–Trinajstić information content (AvgIpc) is 3.49. The fourth-order valence-electron chi connectivity index (χ4n) is 15.2. The van der Waals surface area contributed by atoms with Gasteiger partial charge in [0.15, 0.2) is 0 Å². The van der Waals surface area contributed by atoms with E-state index in [0.717, 1.165) is 51.2 Å². The Labute approximate surface area is 461 Å². The fourth-order valence-corrected chi connectivity index (χ4v) is 16.4. The summed E-state index contributed by atoms with van der Waals surface area (Å²) >= 11 is 1.88. The molecule has 78 heavy (non-hydrogen) atoms. The zero-order valence-electron chi connectivity index (χ0n) is 43.8. The highest BCUT2D eigenvalue weighted by Gasteiger charge is 2.52. The van der Waals surface area contributed by atoms with Crippen LogP contribution in [0.1, 0.15) is 132 Å². The van der Waals surface area contributed by atoms with Crippen LogP contribution in [0, 0.1) is 0 Å². The van der Waals surface area contributed by atoms with Crippen molar-refractivity contribution < 1.29 is 9.47 Å². The molecular formula is C74H59NO2S. The van der Waals surface area contributed by atoms with Crippen molar-refractivity contribution in [3.8, 4) is 34.1 Å². The van der Waals surface area contributed by atoms with Crippen molar-refractivity contribution in [2.75, 3.05) is 4.90 Å². The van der Waals surface area contributed by atoms with E-state index in [1.165, 1.54) is 140 Å². The van der Waals surface area contributed by atoms with Crippen molar-refractivity contribution in [1.29, 1.82) is 0 Å². The number of thiophene rings is 1. The van der Waals surface area contributed by atoms with Gasteiger partial charge in [-0.05, 0) is 143 Å². The predicted octanol–water partition coefficient (Wildman–Crippen LogP) is 20.6. The Bertz CT molecular complexity index is 4040. The smallest absolute Gasteiger partial charge is 0.132 e. The molecule has 3 heterocycles. The maximum absolute atomic E-state index is 7.22. The number of anilines is 3. The monoisotopic (exact) mass is 1030 g/mol. The molecule has 0 bridgehead atoms. The third kappa shape index (κ3) is 6.81. The highest BCUT2D eigenvalue weighted by atomic mass is 32.1. The first-order chi connectivity index (χ1) is 38.7.